The van der Waals surface area contributed by atoms with Crippen molar-refractivity contribution in [3.63, 3.8) is 0 Å². The molecule has 5 fully saturated rings. The molecule has 2 aliphatic heterocycles. The van der Waals surface area contributed by atoms with Gasteiger partial charge in [-0.3, -0.25) is 0 Å². The molecule has 32 heavy (non-hydrogen) atoms. The van der Waals surface area contributed by atoms with Crippen molar-refractivity contribution in [3.05, 3.63) is 23.8 Å². The first-order valence-electron chi connectivity index (χ1n) is 13.4. The fraction of sp³-hybridized carbons (Fsp3) is 0.862. The first-order valence-corrected chi connectivity index (χ1v) is 13.4. The number of rotatable bonds is 1. The van der Waals surface area contributed by atoms with E-state index in [1.54, 1.807) is 0 Å². The van der Waals surface area contributed by atoms with Crippen LogP contribution in [0.15, 0.2) is 23.8 Å². The third-order valence-electron chi connectivity index (χ3n) is 11.4. The average Bonchev–Trinajstić information content (AvgIpc) is 3.24. The molecule has 12 atom stereocenters. The van der Waals surface area contributed by atoms with Crippen LogP contribution < -0.4 is 0 Å². The molecule has 3 nitrogen and oxygen atoms in total. The quantitative estimate of drug-likeness (QED) is 0.416. The maximum absolute atomic E-state index is 6.73. The minimum absolute atomic E-state index is 0.0619. The second-order valence-corrected chi connectivity index (χ2v) is 13.3. The molecule has 0 N–H and O–H groups in total. The van der Waals surface area contributed by atoms with Gasteiger partial charge >= 0.3 is 0 Å². The van der Waals surface area contributed by atoms with Crippen molar-refractivity contribution in [2.75, 3.05) is 0 Å². The second-order valence-electron chi connectivity index (χ2n) is 13.3. The van der Waals surface area contributed by atoms with Gasteiger partial charge in [0.1, 0.15) is 0 Å². The van der Waals surface area contributed by atoms with Crippen LogP contribution >= 0.6 is 0 Å². The second kappa shape index (κ2) is 6.95. The zero-order valence-electron chi connectivity index (χ0n) is 21.2. The van der Waals surface area contributed by atoms with Crippen molar-refractivity contribution in [1.29, 1.82) is 0 Å². The third kappa shape index (κ3) is 2.83. The normalized spacial score (nSPS) is 60.3. The maximum Gasteiger partial charge on any atom is 0.184 e. The molecule has 178 valence electrons. The highest BCUT2D eigenvalue weighted by Gasteiger charge is 2.67. The van der Waals surface area contributed by atoms with Gasteiger partial charge in [0.05, 0.1) is 12.2 Å². The van der Waals surface area contributed by atoms with Crippen molar-refractivity contribution in [3.8, 4) is 0 Å². The van der Waals surface area contributed by atoms with Gasteiger partial charge in [0.25, 0.3) is 0 Å². The van der Waals surface area contributed by atoms with Crippen molar-refractivity contribution in [1.82, 2.24) is 0 Å². The van der Waals surface area contributed by atoms with Gasteiger partial charge in [-0.25, -0.2) is 0 Å². The van der Waals surface area contributed by atoms with Crippen LogP contribution in [0.1, 0.15) is 86.5 Å². The van der Waals surface area contributed by atoms with E-state index in [0.29, 0.717) is 34.5 Å². The fourth-order valence-electron chi connectivity index (χ4n) is 9.52. The summed E-state index contributed by atoms with van der Waals surface area (Å²) in [6.07, 6.45) is 11.4. The lowest BCUT2D eigenvalue weighted by atomic mass is 9.49. The van der Waals surface area contributed by atoms with Gasteiger partial charge in [-0.1, -0.05) is 39.0 Å². The molecule has 6 rings (SSSR count). The van der Waals surface area contributed by atoms with Crippen LogP contribution in [-0.4, -0.2) is 24.3 Å². The summed E-state index contributed by atoms with van der Waals surface area (Å²) in [5.41, 5.74) is 3.70. The largest absolute Gasteiger partial charge is 0.343 e. The van der Waals surface area contributed by atoms with Crippen LogP contribution in [-0.2, 0) is 14.2 Å². The summed E-state index contributed by atoms with van der Waals surface area (Å²) in [6, 6.07) is 0. The van der Waals surface area contributed by atoms with E-state index in [2.05, 4.69) is 54.2 Å². The third-order valence-corrected chi connectivity index (χ3v) is 11.4. The van der Waals surface area contributed by atoms with Crippen molar-refractivity contribution in [2.45, 2.75) is 111 Å². The van der Waals surface area contributed by atoms with Crippen molar-refractivity contribution >= 4 is 0 Å². The monoisotopic (exact) mass is 440 g/mol. The van der Waals surface area contributed by atoms with Gasteiger partial charge in [0, 0.05) is 12.3 Å². The van der Waals surface area contributed by atoms with E-state index in [9.17, 15) is 0 Å². The van der Waals surface area contributed by atoms with E-state index < -0.39 is 5.79 Å². The summed E-state index contributed by atoms with van der Waals surface area (Å²) >= 11 is 0. The molecule has 4 aliphatic carbocycles. The SMILES string of the molecule is C=C(C)[C@H]1CC[C@@]2(C)CC[C@]3(C)C[C@H]4[C@@H](C)C[C@]56O[C@@H](O[C@H](C)[C@@H](C)O5)/C(=C/C[C@H]3[C@H]12)[C@@H]46. The maximum atomic E-state index is 6.73. The van der Waals surface area contributed by atoms with E-state index in [-0.39, 0.29) is 18.5 Å². The minimum Gasteiger partial charge on any atom is -0.343 e. The van der Waals surface area contributed by atoms with Gasteiger partial charge < -0.3 is 14.2 Å². The highest BCUT2D eigenvalue weighted by atomic mass is 16.8. The summed E-state index contributed by atoms with van der Waals surface area (Å²) in [6.45, 7) is 18.7. The zero-order valence-corrected chi connectivity index (χ0v) is 21.2. The topological polar surface area (TPSA) is 27.7 Å². The molecular weight excluding hydrogens is 396 g/mol. The van der Waals surface area contributed by atoms with E-state index >= 15 is 0 Å². The molecule has 0 radical (unpaired) electrons. The molecule has 0 aromatic heterocycles. The van der Waals surface area contributed by atoms with Gasteiger partial charge in [-0.05, 0) is 105 Å². The fourth-order valence-corrected chi connectivity index (χ4v) is 9.52. The van der Waals surface area contributed by atoms with Crippen LogP contribution in [0.3, 0.4) is 0 Å². The number of fused-ring (bicyclic) bond motifs is 5. The summed E-state index contributed by atoms with van der Waals surface area (Å²) in [5, 5.41) is 0. The number of allylic oxidation sites excluding steroid dienone is 2. The van der Waals surface area contributed by atoms with Gasteiger partial charge in [0.15, 0.2) is 12.1 Å². The molecule has 3 saturated carbocycles. The molecular formula is C29H44O3. The molecule has 3 heteroatoms. The van der Waals surface area contributed by atoms with Crippen LogP contribution in [0, 0.1) is 46.3 Å². The molecule has 0 unspecified atom stereocenters. The lowest BCUT2D eigenvalue weighted by Gasteiger charge is -2.56. The molecule has 2 heterocycles. The highest BCUT2D eigenvalue weighted by Crippen LogP contribution is 2.69. The van der Waals surface area contributed by atoms with E-state index in [4.69, 9.17) is 14.2 Å². The molecule has 0 amide bonds. The Hall–Kier alpha value is -0.640. The lowest BCUT2D eigenvalue weighted by molar-refractivity contribution is -0.255. The van der Waals surface area contributed by atoms with Crippen molar-refractivity contribution < 1.29 is 14.2 Å². The molecule has 1 spiro atoms. The Balaban J connectivity index is 1.44. The number of ether oxygens (including phenoxy) is 3. The van der Waals surface area contributed by atoms with E-state index in [0.717, 1.165) is 24.7 Å². The van der Waals surface area contributed by atoms with Crippen molar-refractivity contribution in [2.24, 2.45) is 46.3 Å². The smallest absolute Gasteiger partial charge is 0.184 e. The van der Waals surface area contributed by atoms with Crippen LogP contribution in [0.2, 0.25) is 0 Å². The van der Waals surface area contributed by atoms with Crippen LogP contribution in [0.4, 0.5) is 0 Å². The predicted octanol–water partition coefficient (Wildman–Crippen LogP) is 6.88. The lowest BCUT2D eigenvalue weighted by Crippen LogP contribution is -2.49. The minimum atomic E-state index is -0.468. The first-order chi connectivity index (χ1) is 15.1. The summed E-state index contributed by atoms with van der Waals surface area (Å²) < 4.78 is 19.9. The van der Waals surface area contributed by atoms with E-state index in [1.165, 1.54) is 43.3 Å². The first kappa shape index (κ1) is 21.9. The molecule has 0 aromatic carbocycles. The average molecular weight is 441 g/mol. The number of hydrogen-bond acceptors (Lipinski definition) is 3. The Morgan fingerprint density at radius 2 is 1.75 bits per heavy atom. The Kier molecular flexibility index (Phi) is 4.75. The van der Waals surface area contributed by atoms with Gasteiger partial charge in [-0.2, -0.15) is 0 Å². The molecule has 0 aromatic rings. The summed E-state index contributed by atoms with van der Waals surface area (Å²) in [7, 11) is 0. The molecule has 6 aliphatic rings. The Labute approximate surface area is 195 Å². The summed E-state index contributed by atoms with van der Waals surface area (Å²) in [5.74, 6) is 3.31. The van der Waals surface area contributed by atoms with Crippen LogP contribution in [0.25, 0.3) is 0 Å². The van der Waals surface area contributed by atoms with Gasteiger partial charge in [0.2, 0.25) is 0 Å². The molecule has 2 bridgehead atoms. The van der Waals surface area contributed by atoms with Gasteiger partial charge in [-0.15, -0.1) is 0 Å². The molecule has 2 saturated heterocycles. The number of hydrogen-bond donors (Lipinski definition) is 0. The highest BCUT2D eigenvalue weighted by molar-refractivity contribution is 5.27. The zero-order chi connectivity index (χ0) is 22.6. The standard InChI is InChI=1S/C29H44O3/c1-16(2)20-10-11-27(6)12-13-28(7)15-22-17(3)14-29-24(22)21(8-9-23(28)25(20)27)26(32-29)30-18(4)19(5)31-29/h8,17-20,22-26H,1,9-15H2,2-7H3/b21-8+/t17-,18+,19+,20+,22-,23-,24-,25-,26+,27-,28+,29+/m0/s1. The van der Waals surface area contributed by atoms with E-state index in [1.807, 2.05) is 0 Å². The summed E-state index contributed by atoms with van der Waals surface area (Å²) in [4.78, 5) is 0. The Morgan fingerprint density at radius 1 is 1.00 bits per heavy atom. The Morgan fingerprint density at radius 3 is 2.50 bits per heavy atom. The Bertz CT molecular complexity index is 847. The van der Waals surface area contributed by atoms with Crippen LogP contribution in [0.5, 0.6) is 0 Å². The predicted molar refractivity (Wildman–Crippen MR) is 127 cm³/mol.